The van der Waals surface area contributed by atoms with Gasteiger partial charge in [-0.3, -0.25) is 14.6 Å². The second kappa shape index (κ2) is 6.98. The molecule has 6 nitrogen and oxygen atoms in total. The topological polar surface area (TPSA) is 77.2 Å². The number of rotatable bonds is 3. The van der Waals surface area contributed by atoms with Gasteiger partial charge in [-0.25, -0.2) is 0 Å². The maximum Gasteiger partial charge on any atom is 0.306 e. The lowest BCUT2D eigenvalue weighted by atomic mass is 9.72. The largest absolute Gasteiger partial charge is 0.847 e. The summed E-state index contributed by atoms with van der Waals surface area (Å²) in [6.45, 7) is 1.78. The zero-order valence-electron chi connectivity index (χ0n) is 15.3. The van der Waals surface area contributed by atoms with Crippen LogP contribution in [-0.4, -0.2) is 30.6 Å². The van der Waals surface area contributed by atoms with Crippen LogP contribution in [0.2, 0.25) is 5.02 Å². The van der Waals surface area contributed by atoms with E-state index in [0.29, 0.717) is 22.1 Å². The molecule has 28 heavy (non-hydrogen) atoms. The first-order valence-electron chi connectivity index (χ1n) is 8.88. The molecule has 1 N–H and O–H groups in total. The van der Waals surface area contributed by atoms with E-state index in [0.717, 1.165) is 5.01 Å². The van der Waals surface area contributed by atoms with E-state index in [4.69, 9.17) is 11.6 Å². The Bertz CT molecular complexity index is 1010. The number of allylic oxidation sites excluding steroid dienone is 1. The molecule has 3 atom stereocenters. The molecule has 0 aromatic heterocycles. The van der Waals surface area contributed by atoms with Crippen LogP contribution in [-0.2, 0) is 9.59 Å². The SMILES string of the molecule is CC1=C(C2C(=O)C(=Nc3ccc(Cl)cc3)C2[O-])C(=O)N(c2ccccc2)[NH+]1C. The fourth-order valence-electron chi connectivity index (χ4n) is 3.60. The number of hydrogen-bond donors (Lipinski definition) is 1. The normalized spacial score (nSPS) is 26.2. The van der Waals surface area contributed by atoms with Crippen molar-refractivity contribution in [2.24, 2.45) is 10.9 Å². The fraction of sp³-hybridized carbons (Fsp3) is 0.190. The molecule has 0 radical (unpaired) electrons. The molecule has 7 heteroatoms. The monoisotopic (exact) mass is 395 g/mol. The number of nitrogens with one attached hydrogen (secondary N) is 1. The molecule has 1 saturated carbocycles. The highest BCUT2D eigenvalue weighted by Crippen LogP contribution is 2.33. The van der Waals surface area contributed by atoms with Gasteiger partial charge in [-0.05, 0) is 36.4 Å². The van der Waals surface area contributed by atoms with Crippen molar-refractivity contribution in [2.75, 3.05) is 12.1 Å². The van der Waals surface area contributed by atoms with Crippen LogP contribution in [0, 0.1) is 5.92 Å². The van der Waals surface area contributed by atoms with Crippen molar-refractivity contribution >= 4 is 40.4 Å². The minimum Gasteiger partial charge on any atom is -0.847 e. The number of benzene rings is 2. The average Bonchev–Trinajstić information content (AvgIpc) is 2.91. The Morgan fingerprint density at radius 2 is 1.71 bits per heavy atom. The van der Waals surface area contributed by atoms with Gasteiger partial charge in [-0.15, -0.1) is 5.01 Å². The van der Waals surface area contributed by atoms with Crippen LogP contribution in [0.15, 0.2) is 70.9 Å². The van der Waals surface area contributed by atoms with E-state index in [-0.39, 0.29) is 23.0 Å². The molecular weight excluding hydrogens is 378 g/mol. The van der Waals surface area contributed by atoms with Gasteiger partial charge in [0.1, 0.15) is 5.70 Å². The molecule has 4 rings (SSSR count). The van der Waals surface area contributed by atoms with E-state index in [9.17, 15) is 14.7 Å². The van der Waals surface area contributed by atoms with Crippen molar-refractivity contribution in [2.45, 2.75) is 13.0 Å². The Balaban J connectivity index is 1.62. The molecule has 0 saturated heterocycles. The zero-order chi connectivity index (χ0) is 20.0. The molecule has 1 heterocycles. The predicted octanol–water partition coefficient (Wildman–Crippen LogP) is 1.09. The van der Waals surface area contributed by atoms with Crippen LogP contribution >= 0.6 is 11.6 Å². The zero-order valence-corrected chi connectivity index (χ0v) is 16.1. The molecule has 1 amide bonds. The number of carbonyl (C=O) groups is 2. The van der Waals surface area contributed by atoms with Crippen LogP contribution in [0.25, 0.3) is 0 Å². The minimum atomic E-state index is -1.36. The first kappa shape index (κ1) is 18.6. The van der Waals surface area contributed by atoms with Gasteiger partial charge >= 0.3 is 5.91 Å². The van der Waals surface area contributed by atoms with E-state index in [1.807, 2.05) is 37.4 Å². The lowest BCUT2D eigenvalue weighted by Crippen LogP contribution is -3.13. The molecule has 1 aliphatic heterocycles. The highest BCUT2D eigenvalue weighted by atomic mass is 35.5. The smallest absolute Gasteiger partial charge is 0.306 e. The Morgan fingerprint density at radius 1 is 1.07 bits per heavy atom. The summed E-state index contributed by atoms with van der Waals surface area (Å²) in [7, 11) is 1.82. The number of para-hydroxylation sites is 1. The number of nitrogens with zero attached hydrogens (tertiary/aromatic N) is 2. The van der Waals surface area contributed by atoms with Crippen LogP contribution in [0.5, 0.6) is 0 Å². The van der Waals surface area contributed by atoms with Gasteiger partial charge in [-0.1, -0.05) is 35.9 Å². The van der Waals surface area contributed by atoms with E-state index >= 15 is 0 Å². The van der Waals surface area contributed by atoms with Crippen LogP contribution < -0.4 is 15.1 Å². The second-order valence-corrected chi connectivity index (χ2v) is 7.27. The molecule has 1 aliphatic carbocycles. The first-order valence-corrected chi connectivity index (χ1v) is 9.26. The summed E-state index contributed by atoms with van der Waals surface area (Å²) in [5.74, 6) is -1.70. The number of carbonyl (C=O) groups excluding carboxylic acids is 2. The van der Waals surface area contributed by atoms with Crippen molar-refractivity contribution in [3.8, 4) is 0 Å². The van der Waals surface area contributed by atoms with E-state index in [1.165, 1.54) is 0 Å². The second-order valence-electron chi connectivity index (χ2n) is 6.84. The number of anilines is 1. The number of Topliss-reactive ketones (excluding diaryl/α,β-unsaturated/α-hetero) is 1. The van der Waals surface area contributed by atoms with Gasteiger partial charge in [-0.2, -0.15) is 5.01 Å². The highest BCUT2D eigenvalue weighted by molar-refractivity contribution is 6.51. The number of quaternary nitrogens is 1. The third-order valence-electron chi connectivity index (χ3n) is 5.22. The Hall–Kier alpha value is -2.80. The number of aliphatic imine (C=N–C) groups is 1. The minimum absolute atomic E-state index is 0.0452. The van der Waals surface area contributed by atoms with Crippen molar-refractivity contribution in [1.82, 2.24) is 0 Å². The number of ketones is 1. The van der Waals surface area contributed by atoms with Crippen LogP contribution in [0.1, 0.15) is 6.92 Å². The molecule has 2 aliphatic rings. The van der Waals surface area contributed by atoms with Crippen molar-refractivity contribution in [3.05, 3.63) is 70.9 Å². The number of halogens is 1. The van der Waals surface area contributed by atoms with Gasteiger partial charge in [0.25, 0.3) is 0 Å². The molecule has 1 fully saturated rings. The van der Waals surface area contributed by atoms with Gasteiger partial charge in [0.15, 0.2) is 5.78 Å². The maximum atomic E-state index is 13.1. The fourth-order valence-corrected chi connectivity index (χ4v) is 3.73. The summed E-state index contributed by atoms with van der Waals surface area (Å²) in [6, 6.07) is 15.8. The predicted molar refractivity (Wildman–Crippen MR) is 104 cm³/mol. The Labute approximate surface area is 167 Å². The first-order chi connectivity index (χ1) is 13.4. The summed E-state index contributed by atoms with van der Waals surface area (Å²) in [5.41, 5.74) is 2.11. The summed E-state index contributed by atoms with van der Waals surface area (Å²) in [5, 5.41) is 15.6. The quantitative estimate of drug-likeness (QED) is 0.845. The molecule has 3 unspecified atom stereocenters. The Kier molecular flexibility index (Phi) is 4.63. The van der Waals surface area contributed by atoms with Gasteiger partial charge in [0.2, 0.25) is 0 Å². The van der Waals surface area contributed by atoms with Crippen molar-refractivity contribution in [3.63, 3.8) is 0 Å². The average molecular weight is 396 g/mol. The van der Waals surface area contributed by atoms with Gasteiger partial charge in [0, 0.05) is 11.9 Å². The number of hydrogen-bond acceptors (Lipinski definition) is 4. The lowest BCUT2D eigenvalue weighted by Gasteiger charge is -2.41. The molecule has 0 spiro atoms. The van der Waals surface area contributed by atoms with Crippen LogP contribution in [0.4, 0.5) is 11.4 Å². The molecule has 2 aromatic carbocycles. The van der Waals surface area contributed by atoms with Gasteiger partial charge < -0.3 is 5.11 Å². The van der Waals surface area contributed by atoms with Crippen molar-refractivity contribution in [1.29, 1.82) is 0 Å². The summed E-state index contributed by atoms with van der Waals surface area (Å²) >= 11 is 5.84. The highest BCUT2D eigenvalue weighted by Gasteiger charge is 2.51. The standard InChI is InChI=1S/C21H17ClN3O3/c1-12-16(21(28)25(24(12)2)15-6-4-3-5-7-15)17-19(26)18(20(17)27)23-14-10-8-13(22)9-11-14/h3-11,17,19H,1-2H3/q-1/p+1. The van der Waals surface area contributed by atoms with E-state index < -0.39 is 12.0 Å². The third kappa shape index (κ3) is 2.86. The lowest BCUT2D eigenvalue weighted by molar-refractivity contribution is -0.837. The van der Waals surface area contributed by atoms with E-state index in [1.54, 1.807) is 36.2 Å². The molecule has 2 aromatic rings. The summed E-state index contributed by atoms with van der Waals surface area (Å²) < 4.78 is 0. The third-order valence-corrected chi connectivity index (χ3v) is 5.48. The van der Waals surface area contributed by atoms with Crippen LogP contribution in [0.3, 0.4) is 0 Å². The maximum absolute atomic E-state index is 13.1. The molecular formula is C21H18ClN3O3. The van der Waals surface area contributed by atoms with Crippen molar-refractivity contribution < 1.29 is 19.7 Å². The summed E-state index contributed by atoms with van der Waals surface area (Å²) in [4.78, 5) is 29.9. The number of amides is 1. The molecule has 0 bridgehead atoms. The van der Waals surface area contributed by atoms with Gasteiger partial charge in [0.05, 0.1) is 35.6 Å². The molecule has 142 valence electrons. The summed E-state index contributed by atoms with van der Waals surface area (Å²) in [6.07, 6.45) is -1.36. The van der Waals surface area contributed by atoms with E-state index in [2.05, 4.69) is 4.99 Å². The Morgan fingerprint density at radius 3 is 2.32 bits per heavy atom.